The Balaban J connectivity index is 0.000000561. The molecule has 1 aliphatic heterocycles. The fourth-order valence-electron chi connectivity index (χ4n) is 1.08. The van der Waals surface area contributed by atoms with Crippen molar-refractivity contribution in [1.82, 2.24) is 5.32 Å². The van der Waals surface area contributed by atoms with Gasteiger partial charge in [0.1, 0.15) is 5.78 Å². The molecular weight excluding hydrogens is 154 g/mol. The van der Waals surface area contributed by atoms with Gasteiger partial charge in [-0.05, 0) is 13.3 Å². The van der Waals surface area contributed by atoms with Gasteiger partial charge in [-0.15, -0.1) is 0 Å². The van der Waals surface area contributed by atoms with Gasteiger partial charge in [-0.25, -0.2) is 0 Å². The molecule has 0 aromatic carbocycles. The summed E-state index contributed by atoms with van der Waals surface area (Å²) >= 11 is 0. The van der Waals surface area contributed by atoms with E-state index in [2.05, 4.69) is 5.32 Å². The standard InChI is InChI=1S/C7H11NO2.C2H6/c1-5(9)6-2-3-7(10)8-4-6;1-2/h6H,2-4H2,1H3,(H,8,10);1-2H3. The van der Waals surface area contributed by atoms with Crippen molar-refractivity contribution in [3.8, 4) is 0 Å². The third-order valence-corrected chi connectivity index (χ3v) is 1.84. The normalized spacial score (nSPS) is 21.9. The van der Waals surface area contributed by atoms with Crippen molar-refractivity contribution < 1.29 is 9.59 Å². The minimum absolute atomic E-state index is 0.0671. The van der Waals surface area contributed by atoms with Crippen molar-refractivity contribution in [3.63, 3.8) is 0 Å². The summed E-state index contributed by atoms with van der Waals surface area (Å²) in [5.74, 6) is 0.315. The van der Waals surface area contributed by atoms with Crippen LogP contribution in [0.5, 0.6) is 0 Å². The number of carbonyl (C=O) groups excluding carboxylic acids is 2. The summed E-state index contributed by atoms with van der Waals surface area (Å²) in [6, 6.07) is 0. The maximum absolute atomic E-state index is 10.8. The fourth-order valence-corrected chi connectivity index (χ4v) is 1.08. The lowest BCUT2D eigenvalue weighted by Crippen LogP contribution is -2.37. The zero-order valence-electron chi connectivity index (χ0n) is 8.02. The summed E-state index contributed by atoms with van der Waals surface area (Å²) in [6.45, 7) is 6.11. The minimum atomic E-state index is 0.0671. The van der Waals surface area contributed by atoms with Crippen molar-refractivity contribution >= 4 is 11.7 Å². The first-order valence-electron chi connectivity index (χ1n) is 4.47. The zero-order valence-corrected chi connectivity index (χ0v) is 8.02. The highest BCUT2D eigenvalue weighted by Crippen LogP contribution is 2.10. The largest absolute Gasteiger partial charge is 0.355 e. The third-order valence-electron chi connectivity index (χ3n) is 1.84. The Labute approximate surface area is 73.5 Å². The van der Waals surface area contributed by atoms with Crippen LogP contribution in [0.2, 0.25) is 0 Å². The van der Waals surface area contributed by atoms with Crippen LogP contribution in [0.4, 0.5) is 0 Å². The number of amides is 1. The van der Waals surface area contributed by atoms with E-state index < -0.39 is 0 Å². The molecule has 0 aliphatic carbocycles. The van der Waals surface area contributed by atoms with Gasteiger partial charge in [-0.1, -0.05) is 13.8 Å². The first-order chi connectivity index (χ1) is 5.70. The number of hydrogen-bond acceptors (Lipinski definition) is 2. The Hall–Kier alpha value is -0.860. The minimum Gasteiger partial charge on any atom is -0.355 e. The average molecular weight is 171 g/mol. The van der Waals surface area contributed by atoms with Crippen molar-refractivity contribution in [2.75, 3.05) is 6.54 Å². The summed E-state index contributed by atoms with van der Waals surface area (Å²) in [5.41, 5.74) is 0. The van der Waals surface area contributed by atoms with Gasteiger partial charge in [0.25, 0.3) is 0 Å². The summed E-state index contributed by atoms with van der Waals surface area (Å²) in [4.78, 5) is 21.4. The van der Waals surface area contributed by atoms with Gasteiger partial charge in [-0.2, -0.15) is 0 Å². The molecule has 1 fully saturated rings. The molecule has 3 heteroatoms. The molecule has 70 valence electrons. The van der Waals surface area contributed by atoms with Crippen molar-refractivity contribution in [1.29, 1.82) is 0 Å². The van der Waals surface area contributed by atoms with Gasteiger partial charge in [0.05, 0.1) is 0 Å². The van der Waals surface area contributed by atoms with Crippen LogP contribution in [0.25, 0.3) is 0 Å². The van der Waals surface area contributed by atoms with Crippen LogP contribution in [0.3, 0.4) is 0 Å². The summed E-state index contributed by atoms with van der Waals surface area (Å²) in [7, 11) is 0. The van der Waals surface area contributed by atoms with Gasteiger partial charge < -0.3 is 5.32 Å². The van der Waals surface area contributed by atoms with Crippen molar-refractivity contribution in [3.05, 3.63) is 0 Å². The molecule has 0 aromatic heterocycles. The Morgan fingerprint density at radius 1 is 1.50 bits per heavy atom. The van der Waals surface area contributed by atoms with Crippen LogP contribution in [-0.4, -0.2) is 18.2 Å². The van der Waals surface area contributed by atoms with E-state index in [1.165, 1.54) is 0 Å². The molecule has 0 aromatic rings. The van der Waals surface area contributed by atoms with Crippen LogP contribution in [0.15, 0.2) is 0 Å². The van der Waals surface area contributed by atoms with E-state index in [1.807, 2.05) is 13.8 Å². The molecular formula is C9H17NO2. The quantitative estimate of drug-likeness (QED) is 0.642. The number of rotatable bonds is 1. The van der Waals surface area contributed by atoms with Crippen LogP contribution >= 0.6 is 0 Å². The monoisotopic (exact) mass is 171 g/mol. The number of carbonyl (C=O) groups is 2. The number of Topliss-reactive ketones (excluding diaryl/α,β-unsaturated/α-hetero) is 1. The lowest BCUT2D eigenvalue weighted by atomic mass is 9.96. The van der Waals surface area contributed by atoms with E-state index in [0.717, 1.165) is 6.42 Å². The smallest absolute Gasteiger partial charge is 0.220 e. The summed E-state index contributed by atoms with van der Waals surface area (Å²) < 4.78 is 0. The maximum atomic E-state index is 10.8. The molecule has 1 rings (SSSR count). The fraction of sp³-hybridized carbons (Fsp3) is 0.778. The third kappa shape index (κ3) is 3.51. The molecule has 1 heterocycles. The number of nitrogens with one attached hydrogen (secondary N) is 1. The number of ketones is 1. The molecule has 0 bridgehead atoms. The second kappa shape index (κ2) is 5.75. The molecule has 12 heavy (non-hydrogen) atoms. The topological polar surface area (TPSA) is 46.2 Å². The molecule has 1 unspecified atom stereocenters. The zero-order chi connectivity index (χ0) is 9.56. The lowest BCUT2D eigenvalue weighted by molar-refractivity contribution is -0.126. The predicted octanol–water partition coefficient (Wildman–Crippen LogP) is 1.13. The van der Waals surface area contributed by atoms with Crippen molar-refractivity contribution in [2.24, 2.45) is 5.92 Å². The highest BCUT2D eigenvalue weighted by molar-refractivity contribution is 5.83. The first kappa shape index (κ1) is 11.1. The Morgan fingerprint density at radius 3 is 2.42 bits per heavy atom. The summed E-state index contributed by atoms with van der Waals surface area (Å²) in [6.07, 6.45) is 1.23. The van der Waals surface area contributed by atoms with E-state index in [-0.39, 0.29) is 17.6 Å². The van der Waals surface area contributed by atoms with E-state index in [4.69, 9.17) is 0 Å². The molecule has 1 aliphatic rings. The molecule has 0 spiro atoms. The van der Waals surface area contributed by atoms with Gasteiger partial charge in [0.15, 0.2) is 0 Å². The van der Waals surface area contributed by atoms with Gasteiger partial charge >= 0.3 is 0 Å². The van der Waals surface area contributed by atoms with E-state index >= 15 is 0 Å². The molecule has 1 saturated heterocycles. The highest BCUT2D eigenvalue weighted by atomic mass is 16.2. The lowest BCUT2D eigenvalue weighted by Gasteiger charge is -2.19. The van der Waals surface area contributed by atoms with Crippen LogP contribution in [0, 0.1) is 5.92 Å². The average Bonchev–Trinajstić information content (AvgIpc) is 2.09. The molecule has 1 atom stereocenters. The second-order valence-corrected chi connectivity index (χ2v) is 2.65. The molecule has 0 saturated carbocycles. The Bertz CT molecular complexity index is 156. The number of hydrogen-bond donors (Lipinski definition) is 1. The SMILES string of the molecule is CC.CC(=O)C1CCC(=O)NC1. The summed E-state index contributed by atoms with van der Waals surface area (Å²) in [5, 5.41) is 2.65. The highest BCUT2D eigenvalue weighted by Gasteiger charge is 2.20. The Kier molecular flexibility index (Phi) is 5.34. The van der Waals surface area contributed by atoms with Crippen LogP contribution in [0.1, 0.15) is 33.6 Å². The van der Waals surface area contributed by atoms with E-state index in [0.29, 0.717) is 13.0 Å². The number of piperidine rings is 1. The molecule has 1 amide bonds. The van der Waals surface area contributed by atoms with E-state index in [1.54, 1.807) is 6.92 Å². The first-order valence-corrected chi connectivity index (χ1v) is 4.47. The second-order valence-electron chi connectivity index (χ2n) is 2.65. The Morgan fingerprint density at radius 2 is 2.08 bits per heavy atom. The van der Waals surface area contributed by atoms with Gasteiger partial charge in [-0.3, -0.25) is 9.59 Å². The maximum Gasteiger partial charge on any atom is 0.220 e. The van der Waals surface area contributed by atoms with Gasteiger partial charge in [0.2, 0.25) is 5.91 Å². The predicted molar refractivity (Wildman–Crippen MR) is 47.8 cm³/mol. The molecule has 3 nitrogen and oxygen atoms in total. The van der Waals surface area contributed by atoms with Crippen molar-refractivity contribution in [2.45, 2.75) is 33.6 Å². The van der Waals surface area contributed by atoms with Crippen LogP contribution < -0.4 is 5.32 Å². The van der Waals surface area contributed by atoms with Gasteiger partial charge in [0, 0.05) is 18.9 Å². The van der Waals surface area contributed by atoms with Crippen LogP contribution in [-0.2, 0) is 9.59 Å². The molecule has 1 N–H and O–H groups in total. The molecule has 0 radical (unpaired) electrons. The van der Waals surface area contributed by atoms with E-state index in [9.17, 15) is 9.59 Å².